The summed E-state index contributed by atoms with van der Waals surface area (Å²) in [6.07, 6.45) is 0. The molecular formula is C10H14N2O2. The molecule has 1 atom stereocenters. The van der Waals surface area contributed by atoms with Gasteiger partial charge in [-0.05, 0) is 17.7 Å². The molecule has 0 aromatic heterocycles. The minimum atomic E-state index is -0.0717. The number of hydrogen-bond donors (Lipinski definition) is 4. The summed E-state index contributed by atoms with van der Waals surface area (Å²) >= 11 is 0. The third-order valence-corrected chi connectivity index (χ3v) is 2.44. The van der Waals surface area contributed by atoms with E-state index < -0.39 is 0 Å². The van der Waals surface area contributed by atoms with Crippen LogP contribution in [0.15, 0.2) is 18.2 Å². The van der Waals surface area contributed by atoms with Gasteiger partial charge >= 0.3 is 0 Å². The molecule has 1 aliphatic rings. The van der Waals surface area contributed by atoms with Crippen LogP contribution in [-0.2, 0) is 0 Å². The Morgan fingerprint density at radius 1 is 1.14 bits per heavy atom. The van der Waals surface area contributed by atoms with E-state index in [0.29, 0.717) is 0 Å². The highest BCUT2D eigenvalue weighted by Crippen LogP contribution is 2.27. The number of aromatic hydroxyl groups is 2. The summed E-state index contributed by atoms with van der Waals surface area (Å²) in [6.45, 7) is 2.75. The van der Waals surface area contributed by atoms with Crippen LogP contribution in [0.2, 0.25) is 0 Å². The Morgan fingerprint density at radius 3 is 2.64 bits per heavy atom. The highest BCUT2D eigenvalue weighted by atomic mass is 16.3. The zero-order valence-corrected chi connectivity index (χ0v) is 7.83. The number of benzene rings is 1. The predicted molar refractivity (Wildman–Crippen MR) is 53.4 cm³/mol. The summed E-state index contributed by atoms with van der Waals surface area (Å²) in [5, 5.41) is 25.1. The number of phenols is 2. The van der Waals surface area contributed by atoms with Crippen molar-refractivity contribution in [2.75, 3.05) is 19.6 Å². The Labute approximate surface area is 82.6 Å². The van der Waals surface area contributed by atoms with Crippen LogP contribution in [0.3, 0.4) is 0 Å². The van der Waals surface area contributed by atoms with E-state index in [-0.39, 0.29) is 17.5 Å². The molecule has 1 unspecified atom stereocenters. The van der Waals surface area contributed by atoms with Gasteiger partial charge in [-0.25, -0.2) is 0 Å². The lowest BCUT2D eigenvalue weighted by molar-refractivity contribution is 0.397. The molecule has 0 amide bonds. The van der Waals surface area contributed by atoms with Gasteiger partial charge < -0.3 is 20.8 Å². The summed E-state index contributed by atoms with van der Waals surface area (Å²) in [5.41, 5.74) is 0.993. The minimum Gasteiger partial charge on any atom is -0.504 e. The number of rotatable bonds is 1. The Hall–Kier alpha value is -1.26. The molecule has 1 fully saturated rings. The van der Waals surface area contributed by atoms with Gasteiger partial charge in [0.05, 0.1) is 0 Å². The van der Waals surface area contributed by atoms with Gasteiger partial charge in [0.15, 0.2) is 11.5 Å². The predicted octanol–water partition coefficient (Wildman–Crippen LogP) is 0.332. The molecule has 0 aliphatic carbocycles. The van der Waals surface area contributed by atoms with E-state index in [4.69, 9.17) is 5.11 Å². The molecule has 0 spiro atoms. The highest BCUT2D eigenvalue weighted by Gasteiger charge is 2.15. The normalized spacial score (nSPS) is 22.1. The number of nitrogens with one attached hydrogen (secondary N) is 2. The van der Waals surface area contributed by atoms with E-state index >= 15 is 0 Å². The van der Waals surface area contributed by atoms with Gasteiger partial charge in [-0.1, -0.05) is 6.07 Å². The van der Waals surface area contributed by atoms with Crippen LogP contribution < -0.4 is 10.6 Å². The van der Waals surface area contributed by atoms with E-state index in [1.165, 1.54) is 6.07 Å². The van der Waals surface area contributed by atoms with Gasteiger partial charge in [0.2, 0.25) is 0 Å². The highest BCUT2D eigenvalue weighted by molar-refractivity contribution is 5.41. The fraction of sp³-hybridized carbons (Fsp3) is 0.400. The van der Waals surface area contributed by atoms with E-state index in [0.717, 1.165) is 25.2 Å². The van der Waals surface area contributed by atoms with Crippen molar-refractivity contribution in [3.05, 3.63) is 23.8 Å². The summed E-state index contributed by atoms with van der Waals surface area (Å²) in [5.74, 6) is -0.132. The first-order valence-corrected chi connectivity index (χ1v) is 4.73. The number of phenolic OH excluding ortho intramolecular Hbond substituents is 2. The Morgan fingerprint density at radius 2 is 2.00 bits per heavy atom. The second kappa shape index (κ2) is 3.86. The summed E-state index contributed by atoms with van der Waals surface area (Å²) < 4.78 is 0. The van der Waals surface area contributed by atoms with Crippen LogP contribution in [0, 0.1) is 0 Å². The molecule has 1 saturated heterocycles. The van der Waals surface area contributed by atoms with Crippen molar-refractivity contribution >= 4 is 0 Å². The molecule has 1 aliphatic heterocycles. The van der Waals surface area contributed by atoms with Crippen molar-refractivity contribution < 1.29 is 10.2 Å². The molecule has 4 nitrogen and oxygen atoms in total. The average molecular weight is 194 g/mol. The average Bonchev–Trinajstić information content (AvgIpc) is 2.23. The Bertz CT molecular complexity index is 322. The molecule has 1 aromatic carbocycles. The summed E-state index contributed by atoms with van der Waals surface area (Å²) in [6, 6.07) is 5.15. The van der Waals surface area contributed by atoms with E-state index in [2.05, 4.69) is 10.6 Å². The van der Waals surface area contributed by atoms with Crippen molar-refractivity contribution in [1.29, 1.82) is 0 Å². The molecule has 0 radical (unpaired) electrons. The van der Waals surface area contributed by atoms with Crippen molar-refractivity contribution in [3.8, 4) is 11.5 Å². The monoisotopic (exact) mass is 194 g/mol. The molecule has 76 valence electrons. The molecule has 4 N–H and O–H groups in total. The third kappa shape index (κ3) is 1.81. The topological polar surface area (TPSA) is 64.5 Å². The van der Waals surface area contributed by atoms with Gasteiger partial charge in [-0.15, -0.1) is 0 Å². The first-order valence-electron chi connectivity index (χ1n) is 4.73. The largest absolute Gasteiger partial charge is 0.504 e. The number of piperazine rings is 1. The maximum Gasteiger partial charge on any atom is 0.157 e. The van der Waals surface area contributed by atoms with Gasteiger partial charge in [0.25, 0.3) is 0 Å². The zero-order valence-electron chi connectivity index (χ0n) is 7.83. The lowest BCUT2D eigenvalue weighted by Gasteiger charge is -2.24. The molecule has 1 aromatic rings. The van der Waals surface area contributed by atoms with Crippen LogP contribution in [-0.4, -0.2) is 29.8 Å². The second-order valence-corrected chi connectivity index (χ2v) is 3.46. The SMILES string of the molecule is Oc1ccc(C2CNCCN2)cc1O. The van der Waals surface area contributed by atoms with Crippen molar-refractivity contribution in [1.82, 2.24) is 10.6 Å². The van der Waals surface area contributed by atoms with Gasteiger partial charge in [0.1, 0.15) is 0 Å². The van der Waals surface area contributed by atoms with Crippen molar-refractivity contribution in [2.24, 2.45) is 0 Å². The maximum absolute atomic E-state index is 9.33. The molecule has 1 heterocycles. The summed E-state index contributed by atoms with van der Waals surface area (Å²) in [7, 11) is 0. The molecule has 14 heavy (non-hydrogen) atoms. The van der Waals surface area contributed by atoms with Gasteiger partial charge in [-0.2, -0.15) is 0 Å². The molecule has 0 bridgehead atoms. The van der Waals surface area contributed by atoms with E-state index in [1.54, 1.807) is 6.07 Å². The summed E-state index contributed by atoms with van der Waals surface area (Å²) in [4.78, 5) is 0. The second-order valence-electron chi connectivity index (χ2n) is 3.46. The molecule has 2 rings (SSSR count). The van der Waals surface area contributed by atoms with E-state index in [9.17, 15) is 5.11 Å². The molecule has 0 saturated carbocycles. The first-order chi connectivity index (χ1) is 6.77. The fourth-order valence-corrected chi connectivity index (χ4v) is 1.65. The van der Waals surface area contributed by atoms with Crippen molar-refractivity contribution in [3.63, 3.8) is 0 Å². The quantitative estimate of drug-likeness (QED) is 0.486. The molecular weight excluding hydrogens is 180 g/mol. The molecule has 4 heteroatoms. The maximum atomic E-state index is 9.33. The van der Waals surface area contributed by atoms with Gasteiger partial charge in [0, 0.05) is 25.7 Å². The van der Waals surface area contributed by atoms with Crippen LogP contribution in [0.4, 0.5) is 0 Å². The lowest BCUT2D eigenvalue weighted by atomic mass is 10.0. The van der Waals surface area contributed by atoms with Crippen molar-refractivity contribution in [2.45, 2.75) is 6.04 Å². The smallest absolute Gasteiger partial charge is 0.157 e. The zero-order chi connectivity index (χ0) is 9.97. The first kappa shape index (κ1) is 9.30. The van der Waals surface area contributed by atoms with Crippen LogP contribution in [0.1, 0.15) is 11.6 Å². The minimum absolute atomic E-state index is 0.0603. The Kier molecular flexibility index (Phi) is 2.56. The number of hydrogen-bond acceptors (Lipinski definition) is 4. The Balaban J connectivity index is 2.18. The van der Waals surface area contributed by atoms with Crippen LogP contribution >= 0.6 is 0 Å². The lowest BCUT2D eigenvalue weighted by Crippen LogP contribution is -2.42. The van der Waals surface area contributed by atoms with Gasteiger partial charge in [-0.3, -0.25) is 0 Å². The third-order valence-electron chi connectivity index (χ3n) is 2.44. The standard InChI is InChI=1S/C10H14N2O2/c13-9-2-1-7(5-10(9)14)8-6-11-3-4-12-8/h1-2,5,8,11-14H,3-4,6H2. The van der Waals surface area contributed by atoms with Crippen LogP contribution in [0.5, 0.6) is 11.5 Å². The van der Waals surface area contributed by atoms with Crippen LogP contribution in [0.25, 0.3) is 0 Å². The van der Waals surface area contributed by atoms with E-state index in [1.807, 2.05) is 6.07 Å². The fourth-order valence-electron chi connectivity index (χ4n) is 1.65.